The number of aryl methyl sites for hydroxylation is 1. The van der Waals surface area contributed by atoms with Gasteiger partial charge >= 0.3 is 0 Å². The average Bonchev–Trinajstić information content (AvgIpc) is 2.55. The molecule has 0 aromatic heterocycles. The Morgan fingerprint density at radius 1 is 1.22 bits per heavy atom. The molecule has 3 nitrogen and oxygen atoms in total. The predicted molar refractivity (Wildman–Crippen MR) is 72.9 cm³/mol. The molecule has 0 spiro atoms. The van der Waals surface area contributed by atoms with Crippen LogP contribution in [0.25, 0.3) is 0 Å². The van der Waals surface area contributed by atoms with Crippen molar-refractivity contribution in [2.75, 3.05) is 13.1 Å². The molecule has 1 aromatic carbocycles. The van der Waals surface area contributed by atoms with Crippen LogP contribution in [-0.4, -0.2) is 25.8 Å². The molecule has 0 saturated carbocycles. The highest BCUT2D eigenvalue weighted by Crippen LogP contribution is 2.20. The number of benzene rings is 1. The molecule has 0 unspecified atom stereocenters. The highest BCUT2D eigenvalue weighted by molar-refractivity contribution is 7.89. The van der Waals surface area contributed by atoms with E-state index in [1.807, 2.05) is 26.0 Å². The SMILES string of the molecule is Cc1ccc(S(=O)(=O)N2CCC=C[C@H](C)C2)cc1. The monoisotopic (exact) mass is 265 g/mol. The zero-order chi connectivity index (χ0) is 13.2. The number of hydrogen-bond donors (Lipinski definition) is 0. The third-order valence-electron chi connectivity index (χ3n) is 3.16. The summed E-state index contributed by atoms with van der Waals surface area (Å²) in [5.41, 5.74) is 1.07. The fraction of sp³-hybridized carbons (Fsp3) is 0.429. The summed E-state index contributed by atoms with van der Waals surface area (Å²) >= 11 is 0. The Hall–Kier alpha value is -1.13. The Bertz CT molecular complexity index is 531. The molecule has 1 aliphatic rings. The quantitative estimate of drug-likeness (QED) is 0.771. The maximum Gasteiger partial charge on any atom is 0.243 e. The molecule has 0 N–H and O–H groups in total. The van der Waals surface area contributed by atoms with Crippen LogP contribution in [0.15, 0.2) is 41.3 Å². The summed E-state index contributed by atoms with van der Waals surface area (Å²) in [5, 5.41) is 0. The van der Waals surface area contributed by atoms with Crippen LogP contribution in [0.1, 0.15) is 18.9 Å². The normalized spacial score (nSPS) is 21.8. The van der Waals surface area contributed by atoms with E-state index in [1.54, 1.807) is 16.4 Å². The molecule has 0 fully saturated rings. The van der Waals surface area contributed by atoms with E-state index in [0.29, 0.717) is 18.0 Å². The van der Waals surface area contributed by atoms with Gasteiger partial charge in [0.2, 0.25) is 10.0 Å². The Labute approximate surface area is 109 Å². The average molecular weight is 265 g/mol. The topological polar surface area (TPSA) is 37.4 Å². The number of sulfonamides is 1. The lowest BCUT2D eigenvalue weighted by atomic mass is 10.2. The van der Waals surface area contributed by atoms with Crippen LogP contribution in [0.3, 0.4) is 0 Å². The van der Waals surface area contributed by atoms with Gasteiger partial charge < -0.3 is 0 Å². The van der Waals surface area contributed by atoms with Gasteiger partial charge in [0.15, 0.2) is 0 Å². The maximum absolute atomic E-state index is 12.5. The van der Waals surface area contributed by atoms with E-state index in [4.69, 9.17) is 0 Å². The minimum Gasteiger partial charge on any atom is -0.207 e. The largest absolute Gasteiger partial charge is 0.243 e. The van der Waals surface area contributed by atoms with E-state index >= 15 is 0 Å². The Balaban J connectivity index is 2.28. The molecule has 0 radical (unpaired) electrons. The molecule has 2 rings (SSSR count). The van der Waals surface area contributed by atoms with E-state index in [2.05, 4.69) is 12.2 Å². The highest BCUT2D eigenvalue weighted by atomic mass is 32.2. The third kappa shape index (κ3) is 2.82. The molecule has 0 aliphatic carbocycles. The van der Waals surface area contributed by atoms with Crippen molar-refractivity contribution in [1.82, 2.24) is 4.31 Å². The summed E-state index contributed by atoms with van der Waals surface area (Å²) in [6.07, 6.45) is 4.94. The fourth-order valence-corrected chi connectivity index (χ4v) is 3.65. The van der Waals surface area contributed by atoms with Crippen molar-refractivity contribution in [2.24, 2.45) is 5.92 Å². The van der Waals surface area contributed by atoms with E-state index in [0.717, 1.165) is 12.0 Å². The number of hydrogen-bond acceptors (Lipinski definition) is 2. The van der Waals surface area contributed by atoms with Gasteiger partial charge in [0.1, 0.15) is 0 Å². The summed E-state index contributed by atoms with van der Waals surface area (Å²) in [6.45, 7) is 5.12. The van der Waals surface area contributed by atoms with Gasteiger partial charge in [-0.2, -0.15) is 4.31 Å². The van der Waals surface area contributed by atoms with Crippen LogP contribution < -0.4 is 0 Å². The van der Waals surface area contributed by atoms with Crippen LogP contribution in [-0.2, 0) is 10.0 Å². The molecular formula is C14H19NO2S. The van der Waals surface area contributed by atoms with Gasteiger partial charge in [0, 0.05) is 13.1 Å². The van der Waals surface area contributed by atoms with Crippen LogP contribution in [0.5, 0.6) is 0 Å². The predicted octanol–water partition coefficient (Wildman–Crippen LogP) is 2.58. The lowest BCUT2D eigenvalue weighted by Crippen LogP contribution is -2.34. The molecular weight excluding hydrogens is 246 g/mol. The van der Waals surface area contributed by atoms with Gasteiger partial charge in [-0.1, -0.05) is 36.8 Å². The van der Waals surface area contributed by atoms with Gasteiger partial charge in [-0.05, 0) is 31.4 Å². The Kier molecular flexibility index (Phi) is 3.88. The lowest BCUT2D eigenvalue weighted by Gasteiger charge is -2.22. The second-order valence-electron chi connectivity index (χ2n) is 4.87. The van der Waals surface area contributed by atoms with Crippen LogP contribution in [0.2, 0.25) is 0 Å². The Morgan fingerprint density at radius 2 is 1.89 bits per heavy atom. The van der Waals surface area contributed by atoms with Crippen molar-refractivity contribution in [1.29, 1.82) is 0 Å². The first-order valence-electron chi connectivity index (χ1n) is 6.23. The third-order valence-corrected chi connectivity index (χ3v) is 5.04. The second-order valence-corrected chi connectivity index (χ2v) is 6.81. The molecule has 98 valence electrons. The highest BCUT2D eigenvalue weighted by Gasteiger charge is 2.25. The van der Waals surface area contributed by atoms with Gasteiger partial charge in [-0.3, -0.25) is 0 Å². The Morgan fingerprint density at radius 3 is 2.56 bits per heavy atom. The molecule has 18 heavy (non-hydrogen) atoms. The van der Waals surface area contributed by atoms with Crippen LogP contribution in [0.4, 0.5) is 0 Å². The van der Waals surface area contributed by atoms with Crippen molar-refractivity contribution >= 4 is 10.0 Å². The molecule has 0 saturated heterocycles. The summed E-state index contributed by atoms with van der Waals surface area (Å²) in [5.74, 6) is 0.271. The molecule has 1 heterocycles. The van der Waals surface area contributed by atoms with E-state index < -0.39 is 10.0 Å². The van der Waals surface area contributed by atoms with Crippen molar-refractivity contribution in [2.45, 2.75) is 25.2 Å². The molecule has 1 aliphatic heterocycles. The summed E-state index contributed by atoms with van der Waals surface area (Å²) in [6, 6.07) is 7.06. The van der Waals surface area contributed by atoms with Gasteiger partial charge in [0.25, 0.3) is 0 Å². The number of rotatable bonds is 2. The minimum atomic E-state index is -3.34. The van der Waals surface area contributed by atoms with E-state index in [9.17, 15) is 8.42 Å². The standard InChI is InChI=1S/C14H19NO2S/c1-12-6-8-14(9-7-12)18(16,17)15-10-4-3-5-13(2)11-15/h3,5-9,13H,4,10-11H2,1-2H3/t13-/m0/s1. The second kappa shape index (κ2) is 5.24. The summed E-state index contributed by atoms with van der Waals surface area (Å²) < 4.78 is 26.6. The fourth-order valence-electron chi connectivity index (χ4n) is 2.10. The van der Waals surface area contributed by atoms with Crippen molar-refractivity contribution in [3.05, 3.63) is 42.0 Å². The molecule has 0 amide bonds. The smallest absolute Gasteiger partial charge is 0.207 e. The van der Waals surface area contributed by atoms with Crippen LogP contribution in [0, 0.1) is 12.8 Å². The van der Waals surface area contributed by atoms with Crippen molar-refractivity contribution < 1.29 is 8.42 Å². The molecule has 1 atom stereocenters. The lowest BCUT2D eigenvalue weighted by molar-refractivity contribution is 0.395. The minimum absolute atomic E-state index is 0.271. The maximum atomic E-state index is 12.5. The number of nitrogens with zero attached hydrogens (tertiary/aromatic N) is 1. The molecule has 4 heteroatoms. The first-order valence-corrected chi connectivity index (χ1v) is 7.67. The van der Waals surface area contributed by atoms with Gasteiger partial charge in [0.05, 0.1) is 4.90 Å². The zero-order valence-electron chi connectivity index (χ0n) is 10.8. The van der Waals surface area contributed by atoms with Gasteiger partial charge in [-0.25, -0.2) is 8.42 Å². The van der Waals surface area contributed by atoms with Gasteiger partial charge in [-0.15, -0.1) is 0 Å². The van der Waals surface area contributed by atoms with E-state index in [1.165, 1.54) is 0 Å². The first-order chi connectivity index (χ1) is 8.50. The van der Waals surface area contributed by atoms with Crippen molar-refractivity contribution in [3.63, 3.8) is 0 Å². The van der Waals surface area contributed by atoms with Crippen LogP contribution >= 0.6 is 0 Å². The summed E-state index contributed by atoms with van der Waals surface area (Å²) in [7, 11) is -3.34. The molecule has 0 bridgehead atoms. The summed E-state index contributed by atoms with van der Waals surface area (Å²) in [4.78, 5) is 0.391. The van der Waals surface area contributed by atoms with Crippen molar-refractivity contribution in [3.8, 4) is 0 Å². The molecule has 1 aromatic rings. The van der Waals surface area contributed by atoms with E-state index in [-0.39, 0.29) is 5.92 Å². The zero-order valence-corrected chi connectivity index (χ0v) is 11.7. The first kappa shape index (κ1) is 13.3.